The lowest BCUT2D eigenvalue weighted by molar-refractivity contribution is 0.0253. The van der Waals surface area contributed by atoms with Gasteiger partial charge in [-0.3, -0.25) is 4.98 Å². The number of methoxy groups -OCH3 is 1. The molecule has 0 spiro atoms. The van der Waals surface area contributed by atoms with Gasteiger partial charge in [-0.25, -0.2) is 9.37 Å². The molecule has 35 heavy (non-hydrogen) atoms. The van der Waals surface area contributed by atoms with Crippen LogP contribution >= 0.6 is 11.8 Å². The molecule has 1 aliphatic rings. The van der Waals surface area contributed by atoms with Crippen molar-refractivity contribution < 1.29 is 19.3 Å². The number of halogens is 1. The molecular formula is C27H34FN3O3S. The lowest BCUT2D eigenvalue weighted by Gasteiger charge is -2.41. The molecule has 3 heterocycles. The molecule has 1 unspecified atom stereocenters. The Hall–Kier alpha value is -2.26. The molecule has 8 heteroatoms. The summed E-state index contributed by atoms with van der Waals surface area (Å²) in [5.41, 5.74) is 1.46. The standard InChI is InChI=1S/C27H34FN3O3S/c1-34-21-5-6-23-22(16-21)26(20(17-28)18-30-23)24(33)7-8-27(19-32)9-12-31(13-10-27)14-15-35-25-4-2-3-11-29-25/h2-6,11,16,18,24,32-33H,7-10,12-15,17,19H2,1H3. The van der Waals surface area contributed by atoms with Crippen LogP contribution in [0.25, 0.3) is 10.9 Å². The first-order valence-electron chi connectivity index (χ1n) is 12.1. The maximum absolute atomic E-state index is 13.8. The molecule has 0 saturated carbocycles. The fraction of sp³-hybridized carbons (Fsp3) is 0.481. The van der Waals surface area contributed by atoms with Gasteiger partial charge in [0.15, 0.2) is 0 Å². The summed E-state index contributed by atoms with van der Waals surface area (Å²) in [7, 11) is 1.58. The van der Waals surface area contributed by atoms with Crippen LogP contribution in [0, 0.1) is 5.41 Å². The molecule has 0 aliphatic carbocycles. The predicted octanol–water partition coefficient (Wildman–Crippen LogP) is 4.79. The average Bonchev–Trinajstić information content (AvgIpc) is 2.92. The van der Waals surface area contributed by atoms with E-state index in [1.807, 2.05) is 42.6 Å². The van der Waals surface area contributed by atoms with Crippen molar-refractivity contribution in [3.63, 3.8) is 0 Å². The largest absolute Gasteiger partial charge is 0.497 e. The fourth-order valence-electron chi connectivity index (χ4n) is 4.90. The molecule has 0 radical (unpaired) electrons. The van der Waals surface area contributed by atoms with Crippen LogP contribution in [0.3, 0.4) is 0 Å². The lowest BCUT2D eigenvalue weighted by Crippen LogP contribution is -2.43. The van der Waals surface area contributed by atoms with E-state index >= 15 is 0 Å². The van der Waals surface area contributed by atoms with Crippen LogP contribution in [-0.4, -0.2) is 64.2 Å². The van der Waals surface area contributed by atoms with Crippen LogP contribution in [-0.2, 0) is 6.67 Å². The number of nitrogens with zero attached hydrogens (tertiary/aromatic N) is 3. The van der Waals surface area contributed by atoms with Crippen LogP contribution in [0.15, 0.2) is 53.8 Å². The summed E-state index contributed by atoms with van der Waals surface area (Å²) in [4.78, 5) is 11.1. The van der Waals surface area contributed by atoms with E-state index < -0.39 is 12.8 Å². The van der Waals surface area contributed by atoms with Gasteiger partial charge in [-0.1, -0.05) is 6.07 Å². The van der Waals surface area contributed by atoms with Gasteiger partial charge in [0.05, 0.1) is 23.8 Å². The monoisotopic (exact) mass is 499 g/mol. The molecule has 1 fully saturated rings. The third kappa shape index (κ3) is 6.30. The summed E-state index contributed by atoms with van der Waals surface area (Å²) >= 11 is 1.76. The summed E-state index contributed by atoms with van der Waals surface area (Å²) in [6.07, 6.45) is 5.39. The molecule has 2 aromatic heterocycles. The second kappa shape index (κ2) is 12.1. The molecule has 1 saturated heterocycles. The Morgan fingerprint density at radius 1 is 1.20 bits per heavy atom. The molecule has 1 aliphatic heterocycles. The first-order valence-corrected chi connectivity index (χ1v) is 13.1. The number of alkyl halides is 1. The Bertz CT molecular complexity index is 1090. The minimum absolute atomic E-state index is 0.0944. The smallest absolute Gasteiger partial charge is 0.119 e. The van der Waals surface area contributed by atoms with E-state index in [0.29, 0.717) is 40.6 Å². The van der Waals surface area contributed by atoms with E-state index in [9.17, 15) is 14.6 Å². The molecule has 0 amide bonds. The van der Waals surface area contributed by atoms with Gasteiger partial charge in [0.2, 0.25) is 0 Å². The van der Waals surface area contributed by atoms with Crippen LogP contribution in [0.1, 0.15) is 42.9 Å². The SMILES string of the molecule is COc1ccc2ncc(CF)c(C(O)CCC3(CO)CCN(CCSc4ccccn4)CC3)c2c1. The zero-order valence-electron chi connectivity index (χ0n) is 20.2. The molecule has 1 aromatic carbocycles. The number of aliphatic hydroxyl groups excluding tert-OH is 2. The third-order valence-corrected chi connectivity index (χ3v) is 8.10. The van der Waals surface area contributed by atoms with Gasteiger partial charge in [-0.2, -0.15) is 0 Å². The van der Waals surface area contributed by atoms with E-state index in [1.54, 1.807) is 18.9 Å². The molecule has 0 bridgehead atoms. The maximum Gasteiger partial charge on any atom is 0.119 e. The van der Waals surface area contributed by atoms with Crippen molar-refractivity contribution in [1.82, 2.24) is 14.9 Å². The average molecular weight is 500 g/mol. The van der Waals surface area contributed by atoms with Gasteiger partial charge in [-0.05, 0) is 80.1 Å². The number of fused-ring (bicyclic) bond motifs is 1. The third-order valence-electron chi connectivity index (χ3n) is 7.17. The number of aliphatic hydroxyl groups is 2. The molecule has 4 rings (SSSR count). The minimum Gasteiger partial charge on any atom is -0.497 e. The molecule has 188 valence electrons. The van der Waals surface area contributed by atoms with E-state index in [1.165, 1.54) is 6.20 Å². The van der Waals surface area contributed by atoms with E-state index in [2.05, 4.69) is 14.9 Å². The number of thioether (sulfide) groups is 1. The van der Waals surface area contributed by atoms with Crippen LogP contribution in [0.2, 0.25) is 0 Å². The molecule has 6 nitrogen and oxygen atoms in total. The quantitative estimate of drug-likeness (QED) is 0.367. The van der Waals surface area contributed by atoms with Gasteiger partial charge in [-0.15, -0.1) is 11.8 Å². The maximum atomic E-state index is 13.8. The Kier molecular flexibility index (Phi) is 8.94. The normalized spacial score (nSPS) is 16.9. The number of benzene rings is 1. The molecule has 3 aromatic rings. The number of likely N-dealkylation sites (tertiary alicyclic amines) is 1. The molecular weight excluding hydrogens is 465 g/mol. The number of aromatic nitrogens is 2. The van der Waals surface area contributed by atoms with Gasteiger partial charge < -0.3 is 19.8 Å². The number of hydrogen-bond acceptors (Lipinski definition) is 7. The summed E-state index contributed by atoms with van der Waals surface area (Å²) in [6, 6.07) is 11.4. The highest BCUT2D eigenvalue weighted by Crippen LogP contribution is 2.40. The number of ether oxygens (including phenoxy) is 1. The zero-order chi connectivity index (χ0) is 24.7. The first-order chi connectivity index (χ1) is 17.1. The van der Waals surface area contributed by atoms with Crippen molar-refractivity contribution in [2.45, 2.75) is 43.5 Å². The van der Waals surface area contributed by atoms with Crippen LogP contribution < -0.4 is 4.74 Å². The Morgan fingerprint density at radius 2 is 2.03 bits per heavy atom. The second-order valence-corrected chi connectivity index (χ2v) is 10.4. The van der Waals surface area contributed by atoms with Crippen molar-refractivity contribution >= 4 is 22.7 Å². The first kappa shape index (κ1) is 25.8. The van der Waals surface area contributed by atoms with E-state index in [0.717, 1.165) is 43.3 Å². The highest BCUT2D eigenvalue weighted by Gasteiger charge is 2.34. The predicted molar refractivity (Wildman–Crippen MR) is 137 cm³/mol. The zero-order valence-corrected chi connectivity index (χ0v) is 21.0. The molecule has 2 N–H and O–H groups in total. The lowest BCUT2D eigenvalue weighted by atomic mass is 9.74. The Morgan fingerprint density at radius 3 is 2.71 bits per heavy atom. The van der Waals surface area contributed by atoms with Crippen molar-refractivity contribution in [2.75, 3.05) is 39.1 Å². The number of hydrogen-bond donors (Lipinski definition) is 2. The highest BCUT2D eigenvalue weighted by atomic mass is 32.2. The summed E-state index contributed by atoms with van der Waals surface area (Å²) in [5.74, 6) is 1.62. The molecule has 1 atom stereocenters. The topological polar surface area (TPSA) is 78.7 Å². The minimum atomic E-state index is -0.838. The van der Waals surface area contributed by atoms with Crippen molar-refractivity contribution in [1.29, 1.82) is 0 Å². The summed E-state index contributed by atoms with van der Waals surface area (Å²) in [6.45, 7) is 2.23. The fourth-order valence-corrected chi connectivity index (χ4v) is 5.77. The number of pyridine rings is 2. The van der Waals surface area contributed by atoms with E-state index in [4.69, 9.17) is 4.74 Å². The Balaban J connectivity index is 1.36. The highest BCUT2D eigenvalue weighted by molar-refractivity contribution is 7.99. The van der Waals surface area contributed by atoms with Crippen molar-refractivity contribution in [3.8, 4) is 5.75 Å². The van der Waals surface area contributed by atoms with Gasteiger partial charge >= 0.3 is 0 Å². The van der Waals surface area contributed by atoms with Crippen molar-refractivity contribution in [2.24, 2.45) is 5.41 Å². The van der Waals surface area contributed by atoms with Crippen LogP contribution in [0.4, 0.5) is 4.39 Å². The summed E-state index contributed by atoms with van der Waals surface area (Å²) < 4.78 is 19.1. The second-order valence-electron chi connectivity index (χ2n) is 9.28. The van der Waals surface area contributed by atoms with Gasteiger partial charge in [0.25, 0.3) is 0 Å². The van der Waals surface area contributed by atoms with Crippen LogP contribution in [0.5, 0.6) is 5.75 Å². The van der Waals surface area contributed by atoms with Crippen molar-refractivity contribution in [3.05, 3.63) is 59.9 Å². The van der Waals surface area contributed by atoms with E-state index in [-0.39, 0.29) is 12.0 Å². The summed E-state index contributed by atoms with van der Waals surface area (Å²) in [5, 5.41) is 23.2. The number of rotatable bonds is 11. The Labute approximate surface area is 210 Å². The number of piperidine rings is 1. The van der Waals surface area contributed by atoms with Gasteiger partial charge in [0, 0.05) is 42.2 Å². The van der Waals surface area contributed by atoms with Gasteiger partial charge in [0.1, 0.15) is 12.4 Å².